The first-order chi connectivity index (χ1) is 6.04. The van der Waals surface area contributed by atoms with Crippen LogP contribution in [0, 0.1) is 0 Å². The Morgan fingerprint density at radius 3 is 1.92 bits per heavy atom. The lowest BCUT2D eigenvalue weighted by atomic mass is 10.3. The van der Waals surface area contributed by atoms with Crippen LogP contribution in [0.2, 0.25) is 0 Å². The third-order valence-electron chi connectivity index (χ3n) is 1.10. The smallest absolute Gasteiger partial charge is 0.115 e. The zero-order valence-corrected chi connectivity index (χ0v) is 7.36. The third-order valence-corrected chi connectivity index (χ3v) is 1.10. The van der Waals surface area contributed by atoms with Gasteiger partial charge in [-0.1, -0.05) is 24.8 Å². The van der Waals surface area contributed by atoms with Crippen LogP contribution in [0.25, 0.3) is 0 Å². The second-order valence-electron chi connectivity index (χ2n) is 2.40. The van der Waals surface area contributed by atoms with Crippen LogP contribution in [0.5, 0.6) is 5.75 Å². The van der Waals surface area contributed by atoms with Crippen LogP contribution in [-0.2, 0) is 4.79 Å². The van der Waals surface area contributed by atoms with Crippen LogP contribution >= 0.6 is 0 Å². The second kappa shape index (κ2) is 5.83. The summed E-state index contributed by atoms with van der Waals surface area (Å²) in [5, 5.41) is 18.1. The predicted molar refractivity (Wildman–Crippen MR) is 47.9 cm³/mol. The Bertz CT molecular complexity index is 265. The molecular weight excluding hydrogens is 168 g/mol. The molecule has 0 bridgehead atoms. The number of carboxylic acid groups (broad SMARTS) is 1. The summed E-state index contributed by atoms with van der Waals surface area (Å²) in [5.41, 5.74) is 0.0648. The van der Waals surface area contributed by atoms with Crippen molar-refractivity contribution in [3.63, 3.8) is 0 Å². The van der Waals surface area contributed by atoms with Gasteiger partial charge in [-0.05, 0) is 24.6 Å². The van der Waals surface area contributed by atoms with Gasteiger partial charge in [0.15, 0.2) is 0 Å². The molecule has 0 aliphatic heterocycles. The van der Waals surface area contributed by atoms with Gasteiger partial charge in [-0.25, -0.2) is 0 Å². The Kier molecular flexibility index (Phi) is 5.03. The Labute approximate surface area is 77.0 Å². The number of hydrogen-bond acceptors (Lipinski definition) is 3. The number of rotatable bonds is 1. The van der Waals surface area contributed by atoms with E-state index in [0.717, 1.165) is 0 Å². The minimum absolute atomic E-state index is 0.0648. The molecule has 0 aliphatic rings. The molecule has 0 saturated heterocycles. The maximum Gasteiger partial charge on any atom is 0.115 e. The van der Waals surface area contributed by atoms with Crippen LogP contribution in [-0.4, -0.2) is 11.1 Å². The zero-order chi connectivity index (χ0) is 10.3. The van der Waals surface area contributed by atoms with Crippen molar-refractivity contribution in [3.8, 4) is 5.75 Å². The van der Waals surface area contributed by atoms with Crippen LogP contribution in [0.4, 0.5) is 0 Å². The molecule has 0 heterocycles. The van der Waals surface area contributed by atoms with Gasteiger partial charge in [-0.15, -0.1) is 0 Å². The highest BCUT2D eigenvalue weighted by molar-refractivity contribution is 5.82. The number of carbonyl (C=O) groups is 1. The molecule has 0 fully saturated rings. The molecule has 0 spiro atoms. The van der Waals surface area contributed by atoms with E-state index >= 15 is 0 Å². The number of phenols is 1. The summed E-state index contributed by atoms with van der Waals surface area (Å²) in [6, 6.07) is 8.71. The number of aromatic hydroxyl groups is 1. The number of carboxylic acids is 1. The molecule has 0 radical (unpaired) electrons. The highest BCUT2D eigenvalue weighted by Gasteiger charge is 1.76. The lowest BCUT2D eigenvalue weighted by Gasteiger charge is -1.93. The van der Waals surface area contributed by atoms with E-state index in [9.17, 15) is 9.90 Å². The number of hydrogen-bond donors (Lipinski definition) is 1. The van der Waals surface area contributed by atoms with E-state index in [1.807, 2.05) is 6.07 Å². The highest BCUT2D eigenvalue weighted by Crippen LogP contribution is 2.02. The normalized spacial score (nSPS) is 8.08. The van der Waals surface area contributed by atoms with E-state index in [4.69, 9.17) is 5.11 Å². The average Bonchev–Trinajstić information content (AvgIpc) is 2.06. The summed E-state index contributed by atoms with van der Waals surface area (Å²) in [5.74, 6) is -0.863. The van der Waals surface area contributed by atoms with Crippen molar-refractivity contribution in [1.29, 1.82) is 0 Å². The first-order valence-electron chi connectivity index (χ1n) is 3.65. The monoisotopic (exact) mass is 179 g/mol. The number of carbonyl (C=O) groups excluding carboxylic acids is 1. The maximum absolute atomic E-state index is 9.49. The second-order valence-corrected chi connectivity index (χ2v) is 2.40. The van der Waals surface area contributed by atoms with Crippen molar-refractivity contribution in [2.75, 3.05) is 0 Å². The molecule has 0 saturated carbocycles. The van der Waals surface area contributed by atoms with E-state index in [1.54, 1.807) is 24.3 Å². The standard InChI is InChI=1S/C6H6O.C4H6O2/c7-6-4-2-1-3-5-6;1-3(2)4(5)6/h1-5,7H;1H2,2H3,(H,5,6)/p-1. The topological polar surface area (TPSA) is 60.4 Å². The summed E-state index contributed by atoms with van der Waals surface area (Å²) in [6.45, 7) is 4.48. The molecule has 1 N–H and O–H groups in total. The van der Waals surface area contributed by atoms with E-state index < -0.39 is 5.97 Å². The van der Waals surface area contributed by atoms with Crippen molar-refractivity contribution in [3.05, 3.63) is 42.5 Å². The lowest BCUT2D eigenvalue weighted by molar-refractivity contribution is -0.299. The van der Waals surface area contributed by atoms with Crippen molar-refractivity contribution >= 4 is 5.97 Å². The fourth-order valence-corrected chi connectivity index (χ4v) is 0.428. The maximum atomic E-state index is 9.49. The van der Waals surface area contributed by atoms with Crippen molar-refractivity contribution < 1.29 is 15.0 Å². The van der Waals surface area contributed by atoms with Crippen LogP contribution in [0.1, 0.15) is 6.92 Å². The molecule has 3 heteroatoms. The van der Waals surface area contributed by atoms with Crippen LogP contribution < -0.4 is 5.11 Å². The first kappa shape index (κ1) is 11.2. The number of phenolic OH excluding ortho intramolecular Hbond substituents is 1. The fourth-order valence-electron chi connectivity index (χ4n) is 0.428. The van der Waals surface area contributed by atoms with E-state index in [2.05, 4.69) is 6.58 Å². The lowest BCUT2D eigenvalue weighted by Crippen LogP contribution is -2.22. The van der Waals surface area contributed by atoms with Gasteiger partial charge in [0.05, 0.1) is 5.97 Å². The Balaban J connectivity index is 0.000000226. The minimum Gasteiger partial charge on any atom is -0.545 e. The van der Waals surface area contributed by atoms with E-state index in [0.29, 0.717) is 5.75 Å². The van der Waals surface area contributed by atoms with Gasteiger partial charge in [0.1, 0.15) is 5.75 Å². The molecule has 0 aliphatic carbocycles. The molecular formula is C10H11O3-. The Morgan fingerprint density at radius 1 is 1.38 bits per heavy atom. The predicted octanol–water partition coefficient (Wildman–Crippen LogP) is 0.705. The molecule has 1 aromatic rings. The number of benzene rings is 1. The molecule has 0 atom stereocenters. The molecule has 0 amide bonds. The molecule has 0 aromatic heterocycles. The SMILES string of the molecule is C=C(C)C(=O)[O-].Oc1ccccc1. The van der Waals surface area contributed by atoms with Gasteiger partial charge in [0, 0.05) is 0 Å². The van der Waals surface area contributed by atoms with Gasteiger partial charge in [-0.2, -0.15) is 0 Å². The van der Waals surface area contributed by atoms with Gasteiger partial charge in [-0.3, -0.25) is 0 Å². The van der Waals surface area contributed by atoms with Crippen LogP contribution in [0.15, 0.2) is 42.5 Å². The fraction of sp³-hybridized carbons (Fsp3) is 0.100. The Morgan fingerprint density at radius 2 is 1.77 bits per heavy atom. The van der Waals surface area contributed by atoms with E-state index in [-0.39, 0.29) is 5.57 Å². The summed E-state index contributed by atoms with van der Waals surface area (Å²) in [4.78, 5) is 9.49. The third kappa shape index (κ3) is 6.62. The highest BCUT2D eigenvalue weighted by atomic mass is 16.4. The average molecular weight is 179 g/mol. The summed E-state index contributed by atoms with van der Waals surface area (Å²) in [6.07, 6.45) is 0. The first-order valence-corrected chi connectivity index (χ1v) is 3.65. The summed E-state index contributed by atoms with van der Waals surface area (Å²) in [7, 11) is 0. The molecule has 1 aromatic carbocycles. The summed E-state index contributed by atoms with van der Waals surface area (Å²) >= 11 is 0. The van der Waals surface area contributed by atoms with Crippen molar-refractivity contribution in [2.24, 2.45) is 0 Å². The largest absolute Gasteiger partial charge is 0.545 e. The zero-order valence-electron chi connectivity index (χ0n) is 7.36. The van der Waals surface area contributed by atoms with Gasteiger partial charge >= 0.3 is 0 Å². The summed E-state index contributed by atoms with van der Waals surface area (Å²) < 4.78 is 0. The molecule has 3 nitrogen and oxygen atoms in total. The van der Waals surface area contributed by atoms with Gasteiger partial charge < -0.3 is 15.0 Å². The number of para-hydroxylation sites is 1. The molecule has 70 valence electrons. The van der Waals surface area contributed by atoms with Crippen LogP contribution in [0.3, 0.4) is 0 Å². The number of aliphatic carboxylic acids is 1. The van der Waals surface area contributed by atoms with Gasteiger partial charge in [0.2, 0.25) is 0 Å². The van der Waals surface area contributed by atoms with Crippen molar-refractivity contribution in [2.45, 2.75) is 6.92 Å². The molecule has 1 rings (SSSR count). The minimum atomic E-state index is -1.19. The van der Waals surface area contributed by atoms with E-state index in [1.165, 1.54) is 6.92 Å². The molecule has 13 heavy (non-hydrogen) atoms. The quantitative estimate of drug-likeness (QED) is 0.646. The molecule has 0 unspecified atom stereocenters. The van der Waals surface area contributed by atoms with Crippen molar-refractivity contribution in [1.82, 2.24) is 0 Å². The van der Waals surface area contributed by atoms with Gasteiger partial charge in [0.25, 0.3) is 0 Å². The Hall–Kier alpha value is -1.77.